The van der Waals surface area contributed by atoms with Crippen LogP contribution in [0.25, 0.3) is 6.08 Å². The van der Waals surface area contributed by atoms with Gasteiger partial charge in [0, 0.05) is 5.92 Å². The molecule has 82 valence electrons. The summed E-state index contributed by atoms with van der Waals surface area (Å²) in [5.74, 6) is 0.0774. The fourth-order valence-corrected chi connectivity index (χ4v) is 2.15. The first-order chi connectivity index (χ1) is 7.77. The molecule has 1 aromatic carbocycles. The average molecular weight is 251 g/mol. The lowest BCUT2D eigenvalue weighted by Crippen LogP contribution is -2.09. The quantitative estimate of drug-likeness (QED) is 0.673. The third kappa shape index (κ3) is 2.78. The van der Waals surface area contributed by atoms with Gasteiger partial charge in [0.05, 0.1) is 0 Å². The van der Waals surface area contributed by atoms with Gasteiger partial charge in [-0.15, -0.1) is 23.2 Å². The normalized spacial score (nSPS) is 21.9. The van der Waals surface area contributed by atoms with Crippen LogP contribution in [0.3, 0.4) is 0 Å². The largest absolute Gasteiger partial charge is 0.118 e. The molecular formula is C14H12Cl2. The van der Waals surface area contributed by atoms with E-state index in [1.54, 1.807) is 0 Å². The maximum absolute atomic E-state index is 5.96. The molecule has 16 heavy (non-hydrogen) atoms. The van der Waals surface area contributed by atoms with Crippen LogP contribution in [0.5, 0.6) is 0 Å². The van der Waals surface area contributed by atoms with Crippen LogP contribution in [0, 0.1) is 5.92 Å². The van der Waals surface area contributed by atoms with Crippen molar-refractivity contribution in [1.29, 1.82) is 0 Å². The Hall–Kier alpha value is -0.980. The predicted molar refractivity (Wildman–Crippen MR) is 71.7 cm³/mol. The molecule has 1 aliphatic rings. The standard InChI is InChI=1S/C14H12Cl2/c15-14(16)13-9-5-4-8-12(13)10-11-6-2-1-3-7-11/h1-10,13-14H. The van der Waals surface area contributed by atoms with Gasteiger partial charge in [0.25, 0.3) is 0 Å². The van der Waals surface area contributed by atoms with Crippen molar-refractivity contribution in [3.63, 3.8) is 0 Å². The van der Waals surface area contributed by atoms with E-state index in [2.05, 4.69) is 24.3 Å². The summed E-state index contributed by atoms with van der Waals surface area (Å²) >= 11 is 11.9. The molecule has 1 aliphatic carbocycles. The van der Waals surface area contributed by atoms with Gasteiger partial charge in [0.2, 0.25) is 0 Å². The molecule has 1 atom stereocenters. The van der Waals surface area contributed by atoms with E-state index in [1.807, 2.05) is 36.4 Å². The number of allylic oxidation sites excluding steroid dienone is 5. The highest BCUT2D eigenvalue weighted by atomic mass is 35.5. The molecule has 1 unspecified atom stereocenters. The molecule has 0 aliphatic heterocycles. The summed E-state index contributed by atoms with van der Waals surface area (Å²) in [5, 5.41) is 0. The molecule has 0 spiro atoms. The summed E-state index contributed by atoms with van der Waals surface area (Å²) in [6.45, 7) is 0. The van der Waals surface area contributed by atoms with Crippen LogP contribution in [0.1, 0.15) is 5.56 Å². The molecule has 0 nitrogen and oxygen atoms in total. The van der Waals surface area contributed by atoms with E-state index >= 15 is 0 Å². The Balaban J connectivity index is 2.29. The molecule has 1 aromatic rings. The van der Waals surface area contributed by atoms with Crippen molar-refractivity contribution < 1.29 is 0 Å². The first-order valence-electron chi connectivity index (χ1n) is 5.17. The average Bonchev–Trinajstić information content (AvgIpc) is 2.31. The van der Waals surface area contributed by atoms with Crippen LogP contribution in [0.2, 0.25) is 0 Å². The van der Waals surface area contributed by atoms with Crippen LogP contribution >= 0.6 is 23.2 Å². The molecule has 0 heterocycles. The van der Waals surface area contributed by atoms with Crippen molar-refractivity contribution in [1.82, 2.24) is 0 Å². The SMILES string of the molecule is ClC(Cl)C1C=CC=CC1=Cc1ccccc1. The second kappa shape index (κ2) is 5.38. The third-order valence-electron chi connectivity index (χ3n) is 2.51. The Kier molecular flexibility index (Phi) is 3.87. The maximum Gasteiger partial charge on any atom is 0.118 e. The molecule has 0 fully saturated rings. The molecule has 0 saturated heterocycles. The Bertz CT molecular complexity index is 427. The van der Waals surface area contributed by atoms with Crippen molar-refractivity contribution in [3.8, 4) is 0 Å². The molecule has 2 rings (SSSR count). The van der Waals surface area contributed by atoms with Gasteiger partial charge in [-0.25, -0.2) is 0 Å². The van der Waals surface area contributed by atoms with E-state index in [9.17, 15) is 0 Å². The summed E-state index contributed by atoms with van der Waals surface area (Å²) in [4.78, 5) is -0.406. The van der Waals surface area contributed by atoms with Gasteiger partial charge < -0.3 is 0 Å². The monoisotopic (exact) mass is 250 g/mol. The topological polar surface area (TPSA) is 0 Å². The van der Waals surface area contributed by atoms with Gasteiger partial charge in [-0.1, -0.05) is 60.7 Å². The lowest BCUT2D eigenvalue weighted by Gasteiger charge is -2.17. The van der Waals surface area contributed by atoms with Gasteiger partial charge in [-0.05, 0) is 11.1 Å². The molecule has 0 bridgehead atoms. The van der Waals surface area contributed by atoms with E-state index in [0.29, 0.717) is 0 Å². The molecule has 0 saturated carbocycles. The predicted octanol–water partition coefficient (Wildman–Crippen LogP) is 4.62. The highest BCUT2D eigenvalue weighted by molar-refractivity contribution is 6.44. The summed E-state index contributed by atoms with van der Waals surface area (Å²) in [6.07, 6.45) is 10.2. The summed E-state index contributed by atoms with van der Waals surface area (Å²) in [7, 11) is 0. The number of halogens is 2. The first-order valence-corrected chi connectivity index (χ1v) is 6.04. The molecule has 0 amide bonds. The number of hydrogen-bond acceptors (Lipinski definition) is 0. The van der Waals surface area contributed by atoms with Crippen LogP contribution in [-0.2, 0) is 0 Å². The molecule has 0 aromatic heterocycles. The Morgan fingerprint density at radius 3 is 2.50 bits per heavy atom. The molecule has 2 heteroatoms. The second-order valence-corrected chi connectivity index (χ2v) is 4.82. The van der Waals surface area contributed by atoms with Gasteiger partial charge in [-0.2, -0.15) is 0 Å². The minimum Gasteiger partial charge on any atom is -0.104 e. The van der Waals surface area contributed by atoms with Gasteiger partial charge in [0.15, 0.2) is 0 Å². The van der Waals surface area contributed by atoms with E-state index in [1.165, 1.54) is 0 Å². The van der Waals surface area contributed by atoms with Crippen molar-refractivity contribution in [2.75, 3.05) is 0 Å². The Labute approximate surface area is 106 Å². The maximum atomic E-state index is 5.96. The first kappa shape index (κ1) is 11.5. The van der Waals surface area contributed by atoms with Crippen LogP contribution < -0.4 is 0 Å². The summed E-state index contributed by atoms with van der Waals surface area (Å²) in [5.41, 5.74) is 2.31. The highest BCUT2D eigenvalue weighted by Crippen LogP contribution is 2.29. The zero-order valence-electron chi connectivity index (χ0n) is 8.68. The summed E-state index contributed by atoms with van der Waals surface area (Å²) in [6, 6.07) is 10.2. The second-order valence-electron chi connectivity index (χ2n) is 3.66. The Morgan fingerprint density at radius 1 is 1.06 bits per heavy atom. The van der Waals surface area contributed by atoms with Crippen molar-refractivity contribution >= 4 is 29.3 Å². The van der Waals surface area contributed by atoms with Gasteiger partial charge in [0.1, 0.15) is 4.84 Å². The lowest BCUT2D eigenvalue weighted by molar-refractivity contribution is 0.854. The third-order valence-corrected chi connectivity index (χ3v) is 3.05. The minimum atomic E-state index is -0.406. The Morgan fingerprint density at radius 2 is 1.81 bits per heavy atom. The van der Waals surface area contributed by atoms with Gasteiger partial charge >= 0.3 is 0 Å². The fraction of sp³-hybridized carbons (Fsp3) is 0.143. The van der Waals surface area contributed by atoms with Crippen molar-refractivity contribution in [3.05, 3.63) is 65.8 Å². The summed E-state index contributed by atoms with van der Waals surface area (Å²) < 4.78 is 0. The zero-order chi connectivity index (χ0) is 11.4. The number of rotatable bonds is 2. The van der Waals surface area contributed by atoms with Gasteiger partial charge in [-0.3, -0.25) is 0 Å². The molecule has 0 radical (unpaired) electrons. The zero-order valence-corrected chi connectivity index (χ0v) is 10.2. The van der Waals surface area contributed by atoms with E-state index in [0.717, 1.165) is 11.1 Å². The molecular weight excluding hydrogens is 239 g/mol. The van der Waals surface area contributed by atoms with E-state index in [4.69, 9.17) is 23.2 Å². The minimum absolute atomic E-state index is 0.0774. The van der Waals surface area contributed by atoms with E-state index in [-0.39, 0.29) is 5.92 Å². The smallest absolute Gasteiger partial charge is 0.104 e. The van der Waals surface area contributed by atoms with Crippen LogP contribution in [0.15, 0.2) is 60.2 Å². The van der Waals surface area contributed by atoms with Crippen molar-refractivity contribution in [2.45, 2.75) is 4.84 Å². The number of alkyl halides is 2. The highest BCUT2D eigenvalue weighted by Gasteiger charge is 2.18. The van der Waals surface area contributed by atoms with Crippen LogP contribution in [0.4, 0.5) is 0 Å². The van der Waals surface area contributed by atoms with Crippen LogP contribution in [-0.4, -0.2) is 4.84 Å². The molecule has 0 N–H and O–H groups in total. The lowest BCUT2D eigenvalue weighted by atomic mass is 9.94. The number of hydrogen-bond donors (Lipinski definition) is 0. The number of benzene rings is 1. The fourth-order valence-electron chi connectivity index (χ4n) is 1.69. The van der Waals surface area contributed by atoms with E-state index < -0.39 is 4.84 Å². The van der Waals surface area contributed by atoms with Crippen molar-refractivity contribution in [2.24, 2.45) is 5.92 Å².